The lowest BCUT2D eigenvalue weighted by atomic mass is 9.81. The van der Waals surface area contributed by atoms with E-state index in [2.05, 4.69) is 10.6 Å². The number of amides is 2. The first-order valence-electron chi connectivity index (χ1n) is 11.0. The molecule has 0 aromatic rings. The van der Waals surface area contributed by atoms with Crippen LogP contribution < -0.4 is 10.6 Å². The predicted octanol–water partition coefficient (Wildman–Crippen LogP) is 1.83. The van der Waals surface area contributed by atoms with Crippen LogP contribution in [0.4, 0.5) is 0 Å². The average molecular weight is 437 g/mol. The van der Waals surface area contributed by atoms with Gasteiger partial charge in [0, 0.05) is 0 Å². The normalized spacial score (nSPS) is 25.9. The maximum atomic E-state index is 13.2. The highest BCUT2D eigenvalue weighted by Gasteiger charge is 2.52. The van der Waals surface area contributed by atoms with E-state index in [4.69, 9.17) is 9.47 Å². The van der Waals surface area contributed by atoms with Crippen molar-refractivity contribution < 1.29 is 28.7 Å². The molecule has 2 amide bonds. The highest BCUT2D eigenvalue weighted by atomic mass is 16.5. The van der Waals surface area contributed by atoms with Gasteiger partial charge >= 0.3 is 11.9 Å². The Hall–Kier alpha value is -2.38. The average Bonchev–Trinajstić information content (AvgIpc) is 3.32. The van der Waals surface area contributed by atoms with Gasteiger partial charge in [-0.15, -0.1) is 0 Å². The summed E-state index contributed by atoms with van der Waals surface area (Å²) in [5.74, 6) is -2.61. The van der Waals surface area contributed by atoms with Crippen LogP contribution in [0.25, 0.3) is 0 Å². The highest BCUT2D eigenvalue weighted by molar-refractivity contribution is 5.93. The van der Waals surface area contributed by atoms with Crippen LogP contribution in [0.3, 0.4) is 0 Å². The molecular formula is C23H36N2O6. The van der Waals surface area contributed by atoms with E-state index in [-0.39, 0.29) is 35.5 Å². The monoisotopic (exact) mass is 436 g/mol. The minimum atomic E-state index is -0.756. The Balaban J connectivity index is 2.17. The van der Waals surface area contributed by atoms with Crippen molar-refractivity contribution in [3.05, 3.63) is 12.2 Å². The number of fused-ring (bicyclic) bond motifs is 2. The Kier molecular flexibility index (Phi) is 8.65. The number of ether oxygens (including phenoxy) is 2. The Bertz CT molecular complexity index is 659. The quantitative estimate of drug-likeness (QED) is 0.399. The summed E-state index contributed by atoms with van der Waals surface area (Å²) in [6, 6.07) is -1.51. The first-order chi connectivity index (χ1) is 14.6. The number of esters is 2. The second-order valence-corrected chi connectivity index (χ2v) is 9.43. The molecule has 2 bridgehead atoms. The molecule has 2 unspecified atom stereocenters. The number of hydrogen-bond donors (Lipinski definition) is 2. The third-order valence-electron chi connectivity index (χ3n) is 6.08. The lowest BCUT2D eigenvalue weighted by Gasteiger charge is -2.29. The number of allylic oxidation sites excluding steroid dienone is 2. The zero-order valence-electron chi connectivity index (χ0n) is 19.3. The zero-order chi connectivity index (χ0) is 23.3. The maximum absolute atomic E-state index is 13.2. The van der Waals surface area contributed by atoms with Gasteiger partial charge in [-0.05, 0) is 42.9 Å². The summed E-state index contributed by atoms with van der Waals surface area (Å²) in [6.45, 7) is 7.83. The van der Waals surface area contributed by atoms with Gasteiger partial charge in [-0.25, -0.2) is 9.59 Å². The summed E-state index contributed by atoms with van der Waals surface area (Å²) in [4.78, 5) is 50.7. The number of carbonyl (C=O) groups is 4. The van der Waals surface area contributed by atoms with Crippen LogP contribution >= 0.6 is 0 Å². The zero-order valence-corrected chi connectivity index (χ0v) is 19.3. The molecule has 0 radical (unpaired) electrons. The maximum Gasteiger partial charge on any atom is 0.328 e. The van der Waals surface area contributed by atoms with Gasteiger partial charge in [-0.3, -0.25) is 9.59 Å². The van der Waals surface area contributed by atoms with Crippen molar-refractivity contribution in [1.29, 1.82) is 0 Å². The van der Waals surface area contributed by atoms with Gasteiger partial charge in [0.2, 0.25) is 11.8 Å². The molecule has 2 N–H and O–H groups in total. The van der Waals surface area contributed by atoms with Crippen molar-refractivity contribution in [2.45, 2.75) is 59.0 Å². The van der Waals surface area contributed by atoms with Gasteiger partial charge in [0.1, 0.15) is 12.1 Å². The number of carbonyl (C=O) groups excluding carboxylic acids is 4. The number of nitrogens with one attached hydrogen (secondary N) is 2. The van der Waals surface area contributed by atoms with Crippen LogP contribution in [0, 0.1) is 35.5 Å². The van der Waals surface area contributed by atoms with Gasteiger partial charge in [-0.1, -0.05) is 39.8 Å². The lowest BCUT2D eigenvalue weighted by molar-refractivity contribution is -0.148. The van der Waals surface area contributed by atoms with E-state index in [9.17, 15) is 19.2 Å². The molecule has 0 spiro atoms. The molecule has 0 saturated heterocycles. The van der Waals surface area contributed by atoms with E-state index in [1.54, 1.807) is 0 Å². The van der Waals surface area contributed by atoms with E-state index in [0.717, 1.165) is 0 Å². The summed E-state index contributed by atoms with van der Waals surface area (Å²) >= 11 is 0. The number of rotatable bonds is 10. The minimum absolute atomic E-state index is 0.0697. The van der Waals surface area contributed by atoms with Crippen LogP contribution in [0.5, 0.6) is 0 Å². The van der Waals surface area contributed by atoms with E-state index in [0.29, 0.717) is 19.3 Å². The summed E-state index contributed by atoms with van der Waals surface area (Å²) in [5, 5.41) is 5.62. The molecule has 0 aromatic heterocycles. The van der Waals surface area contributed by atoms with Gasteiger partial charge < -0.3 is 20.1 Å². The number of hydrogen-bond acceptors (Lipinski definition) is 6. The Labute approximate surface area is 184 Å². The van der Waals surface area contributed by atoms with Gasteiger partial charge in [0.05, 0.1) is 26.1 Å². The summed E-state index contributed by atoms with van der Waals surface area (Å²) < 4.78 is 9.69. The smallest absolute Gasteiger partial charge is 0.328 e. The van der Waals surface area contributed by atoms with Crippen LogP contribution in [0.2, 0.25) is 0 Å². The SMILES string of the molecule is COC(=O)[C@H](CC(C)C)NC(=O)[C@@H]1C2C=CC(C2)[C@@H]1C(=O)N[C@@H](CC(C)C)C(=O)OC. The number of methoxy groups -OCH3 is 2. The van der Waals surface area contributed by atoms with Crippen molar-refractivity contribution in [3.63, 3.8) is 0 Å². The van der Waals surface area contributed by atoms with Crippen LogP contribution in [-0.4, -0.2) is 50.1 Å². The molecule has 0 heterocycles. The van der Waals surface area contributed by atoms with E-state index >= 15 is 0 Å². The molecule has 2 aliphatic carbocycles. The molecule has 1 saturated carbocycles. The molecule has 31 heavy (non-hydrogen) atoms. The fourth-order valence-electron chi connectivity index (χ4n) is 4.73. The first kappa shape index (κ1) is 24.9. The summed E-state index contributed by atoms with van der Waals surface area (Å²) in [7, 11) is 2.58. The second-order valence-electron chi connectivity index (χ2n) is 9.43. The predicted molar refractivity (Wildman–Crippen MR) is 115 cm³/mol. The molecule has 0 aromatic carbocycles. The van der Waals surface area contributed by atoms with Gasteiger partial charge in [0.15, 0.2) is 0 Å². The molecule has 0 aliphatic heterocycles. The van der Waals surface area contributed by atoms with Crippen molar-refractivity contribution in [2.75, 3.05) is 14.2 Å². The fourth-order valence-corrected chi connectivity index (χ4v) is 4.73. The Morgan fingerprint density at radius 2 is 1.13 bits per heavy atom. The van der Waals surface area contributed by atoms with Crippen molar-refractivity contribution in [2.24, 2.45) is 35.5 Å². The summed E-state index contributed by atoms with van der Waals surface area (Å²) in [6.07, 6.45) is 5.55. The highest BCUT2D eigenvalue weighted by Crippen LogP contribution is 2.48. The first-order valence-corrected chi connectivity index (χ1v) is 11.0. The topological polar surface area (TPSA) is 111 Å². The Morgan fingerprint density at radius 3 is 1.42 bits per heavy atom. The van der Waals surface area contributed by atoms with E-state index in [1.165, 1.54) is 14.2 Å². The van der Waals surface area contributed by atoms with Crippen molar-refractivity contribution >= 4 is 23.8 Å². The van der Waals surface area contributed by atoms with Crippen molar-refractivity contribution in [3.8, 4) is 0 Å². The van der Waals surface area contributed by atoms with Gasteiger partial charge in [-0.2, -0.15) is 0 Å². The molecule has 6 atom stereocenters. The van der Waals surface area contributed by atoms with Crippen molar-refractivity contribution in [1.82, 2.24) is 10.6 Å². The largest absolute Gasteiger partial charge is 0.467 e. The molecule has 2 aliphatic rings. The molecule has 2 rings (SSSR count). The van der Waals surface area contributed by atoms with Gasteiger partial charge in [0.25, 0.3) is 0 Å². The lowest BCUT2D eigenvalue weighted by Crippen LogP contribution is -2.51. The molecular weight excluding hydrogens is 400 g/mol. The fraction of sp³-hybridized carbons (Fsp3) is 0.739. The standard InChI is InChI=1S/C23H36N2O6/c1-12(2)9-16(22(28)30-5)24-20(26)18-14-7-8-15(11-14)19(18)21(27)25-17(10-13(3)4)23(29)31-6/h7-8,12-19H,9-11H2,1-6H3,(H,24,26)(H,25,27)/t14?,15?,16-,17-,18-,19+/m0/s1. The molecule has 174 valence electrons. The second kappa shape index (κ2) is 10.8. The minimum Gasteiger partial charge on any atom is -0.467 e. The third kappa shape index (κ3) is 6.08. The van der Waals surface area contributed by atoms with E-state index in [1.807, 2.05) is 39.8 Å². The Morgan fingerprint density at radius 1 is 0.774 bits per heavy atom. The molecule has 8 heteroatoms. The summed E-state index contributed by atoms with van der Waals surface area (Å²) in [5.41, 5.74) is 0. The van der Waals surface area contributed by atoms with E-state index < -0.39 is 35.9 Å². The molecule has 8 nitrogen and oxygen atoms in total. The molecule has 1 fully saturated rings. The van der Waals surface area contributed by atoms with Crippen LogP contribution in [0.15, 0.2) is 12.2 Å². The van der Waals surface area contributed by atoms with Crippen LogP contribution in [0.1, 0.15) is 47.0 Å². The van der Waals surface area contributed by atoms with Crippen LogP contribution in [-0.2, 0) is 28.7 Å². The third-order valence-corrected chi connectivity index (χ3v) is 6.08.